The Bertz CT molecular complexity index is 393. The second kappa shape index (κ2) is 6.35. The average molecular weight is 239 g/mol. The number of ether oxygens (including phenoxy) is 1. The van der Waals surface area contributed by atoms with E-state index in [1.165, 1.54) is 19.2 Å². The summed E-state index contributed by atoms with van der Waals surface area (Å²) in [5, 5.41) is 0. The Morgan fingerprint density at radius 1 is 1.53 bits per heavy atom. The number of hydrogen-bond acceptors (Lipinski definition) is 3. The molecule has 94 valence electrons. The van der Waals surface area contributed by atoms with E-state index in [1.54, 1.807) is 6.07 Å². The molecule has 0 saturated carbocycles. The third-order valence-corrected chi connectivity index (χ3v) is 2.73. The molecule has 0 aliphatic rings. The van der Waals surface area contributed by atoms with Gasteiger partial charge in [-0.05, 0) is 37.6 Å². The number of methoxy groups -OCH3 is 1. The monoisotopic (exact) mass is 239 g/mol. The number of nitrogens with two attached hydrogens (primary N) is 1. The largest absolute Gasteiger partial charge is 0.494 e. The number of ketones is 1. The quantitative estimate of drug-likeness (QED) is 0.775. The van der Waals surface area contributed by atoms with Gasteiger partial charge in [-0.1, -0.05) is 6.92 Å². The van der Waals surface area contributed by atoms with Gasteiger partial charge in [-0.25, -0.2) is 4.39 Å². The summed E-state index contributed by atoms with van der Waals surface area (Å²) in [5.74, 6) is -0.549. The van der Waals surface area contributed by atoms with E-state index in [4.69, 9.17) is 10.5 Å². The molecule has 0 fully saturated rings. The van der Waals surface area contributed by atoms with E-state index in [2.05, 4.69) is 0 Å². The molecule has 3 nitrogen and oxygen atoms in total. The first-order chi connectivity index (χ1) is 8.10. The lowest BCUT2D eigenvalue weighted by atomic mass is 9.95. The fourth-order valence-electron chi connectivity index (χ4n) is 1.66. The molecule has 0 spiro atoms. The number of carbonyl (C=O) groups excluding carboxylic acids is 1. The van der Waals surface area contributed by atoms with Crippen LogP contribution in [0.25, 0.3) is 0 Å². The lowest BCUT2D eigenvalue weighted by Crippen LogP contribution is -2.13. The zero-order valence-corrected chi connectivity index (χ0v) is 10.2. The van der Waals surface area contributed by atoms with Crippen molar-refractivity contribution in [2.24, 2.45) is 11.7 Å². The highest BCUT2D eigenvalue weighted by Crippen LogP contribution is 2.20. The minimum Gasteiger partial charge on any atom is -0.494 e. The Balaban J connectivity index is 2.78. The van der Waals surface area contributed by atoms with Crippen molar-refractivity contribution in [3.05, 3.63) is 29.6 Å². The van der Waals surface area contributed by atoms with E-state index < -0.39 is 5.82 Å². The molecule has 17 heavy (non-hydrogen) atoms. The molecule has 1 atom stereocenters. The van der Waals surface area contributed by atoms with Crippen LogP contribution in [-0.2, 0) is 0 Å². The highest BCUT2D eigenvalue weighted by Gasteiger charge is 2.16. The van der Waals surface area contributed by atoms with E-state index >= 15 is 0 Å². The molecule has 0 radical (unpaired) electrons. The van der Waals surface area contributed by atoms with Gasteiger partial charge < -0.3 is 10.5 Å². The first-order valence-corrected chi connectivity index (χ1v) is 5.68. The van der Waals surface area contributed by atoms with E-state index in [1.807, 2.05) is 6.92 Å². The van der Waals surface area contributed by atoms with Crippen molar-refractivity contribution in [2.75, 3.05) is 13.7 Å². The lowest BCUT2D eigenvalue weighted by Gasteiger charge is -2.10. The Labute approximate surface area is 101 Å². The first kappa shape index (κ1) is 13.6. The molecule has 0 aromatic heterocycles. The Kier molecular flexibility index (Phi) is 5.10. The summed E-state index contributed by atoms with van der Waals surface area (Å²) in [6, 6.07) is 4.28. The zero-order valence-electron chi connectivity index (χ0n) is 10.2. The molecule has 1 aromatic rings. The summed E-state index contributed by atoms with van der Waals surface area (Å²) in [6.07, 6.45) is 1.52. The van der Waals surface area contributed by atoms with Gasteiger partial charge in [-0.2, -0.15) is 0 Å². The van der Waals surface area contributed by atoms with Crippen molar-refractivity contribution in [3.63, 3.8) is 0 Å². The number of Topliss-reactive ketones (excluding diaryl/α,β-unsaturated/α-hetero) is 1. The van der Waals surface area contributed by atoms with Gasteiger partial charge in [0.05, 0.1) is 7.11 Å². The van der Waals surface area contributed by atoms with Crippen LogP contribution in [0.15, 0.2) is 18.2 Å². The highest BCUT2D eigenvalue weighted by atomic mass is 19.1. The smallest absolute Gasteiger partial charge is 0.165 e. The summed E-state index contributed by atoms with van der Waals surface area (Å²) in [6.45, 7) is 2.40. The third-order valence-electron chi connectivity index (χ3n) is 2.73. The van der Waals surface area contributed by atoms with Crippen LogP contribution in [0.2, 0.25) is 0 Å². The van der Waals surface area contributed by atoms with E-state index in [0.29, 0.717) is 12.1 Å². The summed E-state index contributed by atoms with van der Waals surface area (Å²) in [7, 11) is 1.39. The molecule has 0 amide bonds. The van der Waals surface area contributed by atoms with Gasteiger partial charge >= 0.3 is 0 Å². The maximum atomic E-state index is 13.4. The molecule has 4 heteroatoms. The number of carbonyl (C=O) groups is 1. The molecule has 1 unspecified atom stereocenters. The van der Waals surface area contributed by atoms with Crippen molar-refractivity contribution in [3.8, 4) is 5.75 Å². The fraction of sp³-hybridized carbons (Fsp3) is 0.462. The standard InChI is InChI=1S/C13H18FNO2/c1-9(4-3-7-15)13(16)10-5-6-12(17-2)11(14)8-10/h5-6,8-9H,3-4,7,15H2,1-2H3. The van der Waals surface area contributed by atoms with Crippen LogP contribution in [0.1, 0.15) is 30.1 Å². The van der Waals surface area contributed by atoms with Gasteiger partial charge in [0.2, 0.25) is 0 Å². The third kappa shape index (κ3) is 3.53. The second-order valence-corrected chi connectivity index (χ2v) is 4.05. The topological polar surface area (TPSA) is 52.3 Å². The number of benzene rings is 1. The molecule has 0 saturated heterocycles. The summed E-state index contributed by atoms with van der Waals surface area (Å²) < 4.78 is 18.2. The van der Waals surface area contributed by atoms with Crippen LogP contribution in [0.4, 0.5) is 4.39 Å². The Morgan fingerprint density at radius 3 is 2.76 bits per heavy atom. The number of halogens is 1. The molecule has 0 aliphatic heterocycles. The van der Waals surface area contributed by atoms with Crippen molar-refractivity contribution < 1.29 is 13.9 Å². The van der Waals surface area contributed by atoms with Gasteiger partial charge in [0, 0.05) is 11.5 Å². The van der Waals surface area contributed by atoms with Gasteiger partial charge in [-0.15, -0.1) is 0 Å². The maximum absolute atomic E-state index is 13.4. The van der Waals surface area contributed by atoms with Crippen molar-refractivity contribution in [1.29, 1.82) is 0 Å². The van der Waals surface area contributed by atoms with Gasteiger partial charge in [0.1, 0.15) is 0 Å². The highest BCUT2D eigenvalue weighted by molar-refractivity contribution is 5.97. The predicted molar refractivity (Wildman–Crippen MR) is 64.7 cm³/mol. The molecule has 0 aliphatic carbocycles. The molecule has 0 bridgehead atoms. The van der Waals surface area contributed by atoms with Crippen LogP contribution < -0.4 is 10.5 Å². The van der Waals surface area contributed by atoms with E-state index in [9.17, 15) is 9.18 Å². The van der Waals surface area contributed by atoms with Gasteiger partial charge in [0.15, 0.2) is 17.3 Å². The van der Waals surface area contributed by atoms with E-state index in [-0.39, 0.29) is 17.5 Å². The minimum absolute atomic E-state index is 0.0556. The van der Waals surface area contributed by atoms with Crippen LogP contribution in [0.5, 0.6) is 5.75 Å². The normalized spacial score (nSPS) is 12.2. The van der Waals surface area contributed by atoms with Crippen molar-refractivity contribution in [1.82, 2.24) is 0 Å². The van der Waals surface area contributed by atoms with Crippen LogP contribution in [0, 0.1) is 11.7 Å². The first-order valence-electron chi connectivity index (χ1n) is 5.68. The van der Waals surface area contributed by atoms with Crippen LogP contribution >= 0.6 is 0 Å². The van der Waals surface area contributed by atoms with Gasteiger partial charge in [0.25, 0.3) is 0 Å². The molecule has 1 aromatic carbocycles. The lowest BCUT2D eigenvalue weighted by molar-refractivity contribution is 0.0922. The molecule has 1 rings (SSSR count). The average Bonchev–Trinajstić information content (AvgIpc) is 2.34. The van der Waals surface area contributed by atoms with Gasteiger partial charge in [-0.3, -0.25) is 4.79 Å². The summed E-state index contributed by atoms with van der Waals surface area (Å²) in [5.41, 5.74) is 5.77. The van der Waals surface area contributed by atoms with E-state index in [0.717, 1.165) is 12.8 Å². The summed E-state index contributed by atoms with van der Waals surface area (Å²) in [4.78, 5) is 12.0. The second-order valence-electron chi connectivity index (χ2n) is 4.05. The number of rotatable bonds is 6. The van der Waals surface area contributed by atoms with Crippen LogP contribution in [-0.4, -0.2) is 19.4 Å². The minimum atomic E-state index is -0.510. The molecular weight excluding hydrogens is 221 g/mol. The maximum Gasteiger partial charge on any atom is 0.165 e. The van der Waals surface area contributed by atoms with Crippen molar-refractivity contribution >= 4 is 5.78 Å². The SMILES string of the molecule is COc1ccc(C(=O)C(C)CCCN)cc1F. The molecule has 2 N–H and O–H groups in total. The van der Waals surface area contributed by atoms with Crippen molar-refractivity contribution in [2.45, 2.75) is 19.8 Å². The summed E-state index contributed by atoms with van der Waals surface area (Å²) >= 11 is 0. The molecule has 0 heterocycles. The predicted octanol–water partition coefficient (Wildman–Crippen LogP) is 2.39. The number of hydrogen-bond donors (Lipinski definition) is 1. The fourth-order valence-corrected chi connectivity index (χ4v) is 1.66. The molecular formula is C13H18FNO2. The Morgan fingerprint density at radius 2 is 2.24 bits per heavy atom. The zero-order chi connectivity index (χ0) is 12.8. The van der Waals surface area contributed by atoms with Crippen LogP contribution in [0.3, 0.4) is 0 Å². The Hall–Kier alpha value is -1.42.